The monoisotopic (exact) mass is 244 g/mol. The van der Waals surface area contributed by atoms with Crippen molar-refractivity contribution >= 4 is 5.82 Å². The van der Waals surface area contributed by atoms with Gasteiger partial charge in [0.1, 0.15) is 18.0 Å². The number of hydrogen-bond acceptors (Lipinski definition) is 5. The van der Waals surface area contributed by atoms with Crippen LogP contribution in [-0.2, 0) is 7.05 Å². The largest absolute Gasteiger partial charge is 0.346 e. The average Bonchev–Trinajstić information content (AvgIpc) is 2.96. The third-order valence-electron chi connectivity index (χ3n) is 3.35. The average molecular weight is 244 g/mol. The first kappa shape index (κ1) is 11.1. The fourth-order valence-corrected chi connectivity index (χ4v) is 2.51. The Morgan fingerprint density at radius 1 is 1.39 bits per heavy atom. The summed E-state index contributed by atoms with van der Waals surface area (Å²) in [5.41, 5.74) is 0. The molecule has 0 saturated carbocycles. The summed E-state index contributed by atoms with van der Waals surface area (Å²) in [4.78, 5) is 10.9. The quantitative estimate of drug-likeness (QED) is 0.795. The van der Waals surface area contributed by atoms with E-state index in [0.29, 0.717) is 0 Å². The number of nitrogens with zero attached hydrogens (tertiary/aromatic N) is 6. The third kappa shape index (κ3) is 1.83. The van der Waals surface area contributed by atoms with Crippen LogP contribution in [0.1, 0.15) is 30.5 Å². The van der Waals surface area contributed by atoms with Crippen LogP contribution in [0.5, 0.6) is 0 Å². The minimum Gasteiger partial charge on any atom is -0.346 e. The van der Waals surface area contributed by atoms with Gasteiger partial charge in [0.05, 0.1) is 6.04 Å². The van der Waals surface area contributed by atoms with Gasteiger partial charge in [-0.1, -0.05) is 0 Å². The highest BCUT2D eigenvalue weighted by molar-refractivity contribution is 5.41. The molecule has 1 aliphatic rings. The molecule has 1 saturated heterocycles. The molecule has 0 radical (unpaired) electrons. The van der Waals surface area contributed by atoms with Gasteiger partial charge in [0.25, 0.3) is 0 Å². The number of rotatable bonds is 2. The van der Waals surface area contributed by atoms with Crippen molar-refractivity contribution in [1.29, 1.82) is 0 Å². The Balaban J connectivity index is 1.95. The maximum absolute atomic E-state index is 4.50. The molecule has 2 aromatic heterocycles. The third-order valence-corrected chi connectivity index (χ3v) is 3.35. The molecule has 1 atom stereocenters. The fourth-order valence-electron chi connectivity index (χ4n) is 2.51. The zero-order chi connectivity index (χ0) is 12.5. The highest BCUT2D eigenvalue weighted by atomic mass is 15.3. The van der Waals surface area contributed by atoms with Gasteiger partial charge in [-0.3, -0.25) is 0 Å². The first-order valence-corrected chi connectivity index (χ1v) is 6.16. The van der Waals surface area contributed by atoms with E-state index >= 15 is 0 Å². The summed E-state index contributed by atoms with van der Waals surface area (Å²) in [5, 5.41) is 8.19. The van der Waals surface area contributed by atoms with Gasteiger partial charge in [0.2, 0.25) is 0 Å². The molecular weight excluding hydrogens is 228 g/mol. The molecule has 1 unspecified atom stereocenters. The Bertz CT molecular complexity index is 549. The summed E-state index contributed by atoms with van der Waals surface area (Å²) in [7, 11) is 1.98. The van der Waals surface area contributed by atoms with Gasteiger partial charge in [-0.05, 0) is 25.8 Å². The zero-order valence-electron chi connectivity index (χ0n) is 10.6. The molecule has 2 aromatic rings. The summed E-state index contributed by atoms with van der Waals surface area (Å²) >= 11 is 0. The molecule has 0 N–H and O–H groups in total. The molecule has 0 bridgehead atoms. The standard InChI is InChI=1S/C12H16N6/c1-9-13-6-5-11(15-9)18-7-3-4-10(18)12-16-14-8-17(12)2/h5-6,8,10H,3-4,7H2,1-2H3. The van der Waals surface area contributed by atoms with Crippen LogP contribution < -0.4 is 4.90 Å². The Hall–Kier alpha value is -1.98. The molecule has 3 rings (SSSR count). The van der Waals surface area contributed by atoms with Gasteiger partial charge in [-0.15, -0.1) is 10.2 Å². The molecular formula is C12H16N6. The first-order valence-electron chi connectivity index (χ1n) is 6.16. The highest BCUT2D eigenvalue weighted by Crippen LogP contribution is 2.33. The smallest absolute Gasteiger partial charge is 0.155 e. The van der Waals surface area contributed by atoms with Crippen molar-refractivity contribution in [1.82, 2.24) is 24.7 Å². The van der Waals surface area contributed by atoms with E-state index in [4.69, 9.17) is 0 Å². The van der Waals surface area contributed by atoms with Gasteiger partial charge in [0.15, 0.2) is 5.82 Å². The lowest BCUT2D eigenvalue weighted by Gasteiger charge is -2.24. The normalized spacial score (nSPS) is 19.4. The van der Waals surface area contributed by atoms with Gasteiger partial charge in [-0.25, -0.2) is 9.97 Å². The first-order chi connectivity index (χ1) is 8.75. The molecule has 0 spiro atoms. The van der Waals surface area contributed by atoms with E-state index in [1.807, 2.05) is 30.8 Å². The van der Waals surface area contributed by atoms with Crippen molar-refractivity contribution in [2.24, 2.45) is 7.05 Å². The van der Waals surface area contributed by atoms with E-state index < -0.39 is 0 Å². The lowest BCUT2D eigenvalue weighted by atomic mass is 10.2. The van der Waals surface area contributed by atoms with Crippen LogP contribution in [0.4, 0.5) is 5.82 Å². The predicted molar refractivity (Wildman–Crippen MR) is 67.1 cm³/mol. The maximum atomic E-state index is 4.50. The molecule has 1 aliphatic heterocycles. The highest BCUT2D eigenvalue weighted by Gasteiger charge is 2.30. The van der Waals surface area contributed by atoms with Gasteiger partial charge < -0.3 is 9.47 Å². The van der Waals surface area contributed by atoms with Crippen LogP contribution in [0.25, 0.3) is 0 Å². The minimum absolute atomic E-state index is 0.270. The predicted octanol–water partition coefficient (Wildman–Crippen LogP) is 1.26. The van der Waals surface area contributed by atoms with E-state index in [9.17, 15) is 0 Å². The van der Waals surface area contributed by atoms with Gasteiger partial charge in [0, 0.05) is 19.8 Å². The number of anilines is 1. The zero-order valence-corrected chi connectivity index (χ0v) is 10.6. The molecule has 0 aliphatic carbocycles. The van der Waals surface area contributed by atoms with Crippen molar-refractivity contribution in [2.75, 3.05) is 11.4 Å². The van der Waals surface area contributed by atoms with E-state index in [1.165, 1.54) is 0 Å². The van der Waals surface area contributed by atoms with Crippen molar-refractivity contribution in [3.8, 4) is 0 Å². The second kappa shape index (κ2) is 4.36. The van der Waals surface area contributed by atoms with Crippen LogP contribution in [0.15, 0.2) is 18.6 Å². The summed E-state index contributed by atoms with van der Waals surface area (Å²) < 4.78 is 1.98. The Kier molecular flexibility index (Phi) is 2.70. The van der Waals surface area contributed by atoms with E-state index in [2.05, 4.69) is 25.1 Å². The Morgan fingerprint density at radius 3 is 3.00 bits per heavy atom. The molecule has 3 heterocycles. The van der Waals surface area contributed by atoms with Crippen LogP contribution in [0.3, 0.4) is 0 Å². The molecule has 6 nitrogen and oxygen atoms in total. The van der Waals surface area contributed by atoms with Crippen molar-refractivity contribution in [3.63, 3.8) is 0 Å². The minimum atomic E-state index is 0.270. The van der Waals surface area contributed by atoms with E-state index in [-0.39, 0.29) is 6.04 Å². The SMILES string of the molecule is Cc1nccc(N2CCCC2c2nncn2C)n1. The van der Waals surface area contributed by atoms with Gasteiger partial charge in [-0.2, -0.15) is 0 Å². The molecule has 1 fully saturated rings. The molecule has 0 amide bonds. The molecule has 94 valence electrons. The van der Waals surface area contributed by atoms with Crippen molar-refractivity contribution in [2.45, 2.75) is 25.8 Å². The number of aryl methyl sites for hydroxylation is 2. The second-order valence-corrected chi connectivity index (χ2v) is 4.61. The molecule has 6 heteroatoms. The van der Waals surface area contributed by atoms with Crippen molar-refractivity contribution in [3.05, 3.63) is 30.2 Å². The van der Waals surface area contributed by atoms with Crippen LogP contribution in [0, 0.1) is 6.92 Å². The van der Waals surface area contributed by atoms with Crippen LogP contribution >= 0.6 is 0 Å². The summed E-state index contributed by atoms with van der Waals surface area (Å²) in [5.74, 6) is 2.79. The maximum Gasteiger partial charge on any atom is 0.155 e. The van der Waals surface area contributed by atoms with Gasteiger partial charge >= 0.3 is 0 Å². The fraction of sp³-hybridized carbons (Fsp3) is 0.500. The summed E-state index contributed by atoms with van der Waals surface area (Å²) in [6.07, 6.45) is 5.80. The lowest BCUT2D eigenvalue weighted by molar-refractivity contribution is 0.624. The lowest BCUT2D eigenvalue weighted by Crippen LogP contribution is -2.25. The topological polar surface area (TPSA) is 59.7 Å². The van der Waals surface area contributed by atoms with Crippen LogP contribution in [0.2, 0.25) is 0 Å². The van der Waals surface area contributed by atoms with E-state index in [1.54, 1.807) is 6.33 Å². The molecule has 18 heavy (non-hydrogen) atoms. The Labute approximate surface area is 106 Å². The number of hydrogen-bond donors (Lipinski definition) is 0. The summed E-state index contributed by atoms with van der Waals surface area (Å²) in [6.45, 7) is 2.92. The second-order valence-electron chi connectivity index (χ2n) is 4.61. The van der Waals surface area contributed by atoms with E-state index in [0.717, 1.165) is 36.9 Å². The van der Waals surface area contributed by atoms with Crippen molar-refractivity contribution < 1.29 is 0 Å². The number of aromatic nitrogens is 5. The summed E-state index contributed by atoms with van der Waals surface area (Å²) in [6, 6.07) is 2.23. The Morgan fingerprint density at radius 2 is 2.28 bits per heavy atom. The molecule has 0 aromatic carbocycles. The van der Waals surface area contributed by atoms with Crippen LogP contribution in [-0.4, -0.2) is 31.3 Å².